The highest BCUT2D eigenvalue weighted by Crippen LogP contribution is 2.31. The molecule has 6 amide bonds. The van der Waals surface area contributed by atoms with Gasteiger partial charge in [-0.1, -0.05) is 95.0 Å². The molecule has 2 aliphatic rings. The van der Waals surface area contributed by atoms with Crippen molar-refractivity contribution in [1.29, 1.82) is 0 Å². The highest BCUT2D eigenvalue weighted by molar-refractivity contribution is 7.89. The molecule has 0 spiro atoms. The molecule has 3 aromatic rings. The van der Waals surface area contributed by atoms with E-state index < -0.39 is 88.2 Å². The molecule has 1 saturated heterocycles. The number of hydrogen-bond donors (Lipinski definition) is 6. The summed E-state index contributed by atoms with van der Waals surface area (Å²) in [6.45, 7) is 4.60. The van der Waals surface area contributed by atoms with Gasteiger partial charge < -0.3 is 36.6 Å². The minimum absolute atomic E-state index is 0.000693. The van der Waals surface area contributed by atoms with Gasteiger partial charge in [0.1, 0.15) is 23.0 Å². The van der Waals surface area contributed by atoms with Crippen LogP contribution in [0.2, 0.25) is 0 Å². The number of ether oxygens (including phenoxy) is 1. The van der Waals surface area contributed by atoms with Gasteiger partial charge in [0, 0.05) is 24.2 Å². The summed E-state index contributed by atoms with van der Waals surface area (Å²) in [5.41, 5.74) is 6.12. The molecular weight excluding hydrogens is 821 g/mol. The van der Waals surface area contributed by atoms with Gasteiger partial charge in [-0.3, -0.25) is 33.8 Å². The molecule has 2 heterocycles. The van der Waals surface area contributed by atoms with Gasteiger partial charge in [-0.05, 0) is 55.2 Å². The average Bonchev–Trinajstić information content (AvgIpc) is 3.68. The van der Waals surface area contributed by atoms with Gasteiger partial charge in [0.2, 0.25) is 39.4 Å². The molecule has 0 bridgehead atoms. The second kappa shape index (κ2) is 21.7. The number of rotatable bonds is 19. The number of para-hydroxylation sites is 1. The number of pyridine rings is 1. The third kappa shape index (κ3) is 12.3. The third-order valence-corrected chi connectivity index (χ3v) is 12.4. The monoisotopic (exact) mass is 876 g/mol. The first-order chi connectivity index (χ1) is 29.6. The van der Waals surface area contributed by atoms with Crippen molar-refractivity contribution in [2.75, 3.05) is 19.7 Å². The SMILES string of the molecule is CCCC(NC(=O)C1C[C@@H](NS(=O)(=O)c2cccc3cccnc23)CN1C(=O)[C@@H](NC(=O)OCC(C)C)C1CCCCC1)C(=O)C(=O)NCC(=O)N[C@H](C(N)=O)c1ccccc1. The van der Waals surface area contributed by atoms with Crippen LogP contribution in [0.4, 0.5) is 4.79 Å². The van der Waals surface area contributed by atoms with E-state index in [1.807, 2.05) is 13.8 Å². The minimum Gasteiger partial charge on any atom is -0.449 e. The second-order valence-electron chi connectivity index (χ2n) is 16.1. The topological polar surface area (TPSA) is 265 Å². The number of primary amides is 1. The first-order valence-electron chi connectivity index (χ1n) is 20.9. The Balaban J connectivity index is 1.36. The van der Waals surface area contributed by atoms with Gasteiger partial charge in [0.15, 0.2) is 0 Å². The Kier molecular flexibility index (Phi) is 16.5. The van der Waals surface area contributed by atoms with Gasteiger partial charge in [-0.2, -0.15) is 0 Å². The van der Waals surface area contributed by atoms with E-state index in [1.54, 1.807) is 61.5 Å². The van der Waals surface area contributed by atoms with Crippen molar-refractivity contribution in [3.05, 3.63) is 72.4 Å². The molecule has 62 heavy (non-hydrogen) atoms. The Labute approximate surface area is 360 Å². The molecule has 1 aromatic heterocycles. The Bertz CT molecular complexity index is 2210. The number of nitrogens with zero attached hydrogens (tertiary/aromatic N) is 2. The van der Waals surface area contributed by atoms with Crippen molar-refractivity contribution in [2.24, 2.45) is 17.6 Å². The smallest absolute Gasteiger partial charge is 0.407 e. The molecule has 7 N–H and O–H groups in total. The molecule has 5 rings (SSSR count). The van der Waals surface area contributed by atoms with Crippen LogP contribution in [0.3, 0.4) is 0 Å². The summed E-state index contributed by atoms with van der Waals surface area (Å²) < 4.78 is 35.9. The van der Waals surface area contributed by atoms with Crippen LogP contribution in [0.1, 0.15) is 83.7 Å². The van der Waals surface area contributed by atoms with Gasteiger partial charge in [-0.25, -0.2) is 17.9 Å². The number of hydrogen-bond acceptors (Lipinski definition) is 11. The van der Waals surface area contributed by atoms with E-state index in [0.717, 1.165) is 19.3 Å². The number of nitrogens with two attached hydrogens (primary N) is 1. The highest BCUT2D eigenvalue weighted by Gasteiger charge is 2.46. The van der Waals surface area contributed by atoms with Gasteiger partial charge in [0.25, 0.3) is 5.91 Å². The van der Waals surface area contributed by atoms with E-state index in [0.29, 0.717) is 30.2 Å². The fraction of sp³-hybridized carbons (Fsp3) is 0.488. The fourth-order valence-electron chi connectivity index (χ4n) is 7.84. The lowest BCUT2D eigenvalue weighted by atomic mass is 9.83. The number of likely N-dealkylation sites (tertiary alicyclic amines) is 1. The summed E-state index contributed by atoms with van der Waals surface area (Å²) >= 11 is 0. The van der Waals surface area contributed by atoms with Crippen LogP contribution in [-0.2, 0) is 43.5 Å². The van der Waals surface area contributed by atoms with E-state index in [4.69, 9.17) is 10.5 Å². The van der Waals surface area contributed by atoms with Crippen molar-refractivity contribution in [3.8, 4) is 0 Å². The maximum Gasteiger partial charge on any atom is 0.407 e. The predicted octanol–water partition coefficient (Wildman–Crippen LogP) is 2.13. The van der Waals surface area contributed by atoms with Crippen molar-refractivity contribution in [3.63, 3.8) is 0 Å². The Morgan fingerprint density at radius 2 is 1.61 bits per heavy atom. The summed E-state index contributed by atoms with van der Waals surface area (Å²) in [5, 5.41) is 10.6. The summed E-state index contributed by atoms with van der Waals surface area (Å²) in [6.07, 6.45) is 4.59. The number of carbonyl (C=O) groups excluding carboxylic acids is 7. The molecule has 19 heteroatoms. The molecule has 2 unspecified atom stereocenters. The zero-order chi connectivity index (χ0) is 45.0. The van der Waals surface area contributed by atoms with Crippen LogP contribution >= 0.6 is 0 Å². The fourth-order valence-corrected chi connectivity index (χ4v) is 9.25. The van der Waals surface area contributed by atoms with Crippen molar-refractivity contribution in [2.45, 2.75) is 107 Å². The van der Waals surface area contributed by atoms with E-state index >= 15 is 0 Å². The summed E-state index contributed by atoms with van der Waals surface area (Å²) in [6, 6.07) is 10.2. The van der Waals surface area contributed by atoms with Gasteiger partial charge >= 0.3 is 6.09 Å². The number of sulfonamides is 1. The van der Waals surface area contributed by atoms with Crippen molar-refractivity contribution < 1.29 is 46.7 Å². The molecule has 0 radical (unpaired) electrons. The summed E-state index contributed by atoms with van der Waals surface area (Å²) in [5.74, 6) is -5.65. The maximum absolute atomic E-state index is 14.7. The number of alkyl carbamates (subject to hydrolysis) is 1. The van der Waals surface area contributed by atoms with E-state index in [2.05, 4.69) is 31.0 Å². The Morgan fingerprint density at radius 3 is 2.29 bits per heavy atom. The second-order valence-corrected chi connectivity index (χ2v) is 17.8. The Hall–Kier alpha value is -5.95. The lowest BCUT2D eigenvalue weighted by Gasteiger charge is -2.34. The number of amides is 6. The molecule has 2 fully saturated rings. The minimum atomic E-state index is -4.28. The number of carbonyl (C=O) groups is 7. The van der Waals surface area contributed by atoms with Gasteiger partial charge in [0.05, 0.1) is 24.7 Å². The number of aromatic nitrogens is 1. The summed E-state index contributed by atoms with van der Waals surface area (Å²) in [4.78, 5) is 99.0. The zero-order valence-corrected chi connectivity index (χ0v) is 35.9. The summed E-state index contributed by atoms with van der Waals surface area (Å²) in [7, 11) is -4.28. The van der Waals surface area contributed by atoms with Crippen molar-refractivity contribution >= 4 is 62.3 Å². The number of fused-ring (bicyclic) bond motifs is 1. The number of nitrogens with one attached hydrogen (secondary N) is 5. The molecule has 334 valence electrons. The lowest BCUT2D eigenvalue weighted by Crippen LogP contribution is -2.58. The van der Waals surface area contributed by atoms with E-state index in [1.165, 1.54) is 17.2 Å². The quantitative estimate of drug-likeness (QED) is 0.0951. The maximum atomic E-state index is 14.7. The number of ketones is 1. The van der Waals surface area contributed by atoms with Crippen LogP contribution in [0.15, 0.2) is 71.8 Å². The largest absolute Gasteiger partial charge is 0.449 e. The van der Waals surface area contributed by atoms with Crippen LogP contribution in [0.25, 0.3) is 10.9 Å². The number of Topliss-reactive ketones (excluding diaryl/α,β-unsaturated/α-hetero) is 1. The molecule has 2 aromatic carbocycles. The third-order valence-electron chi connectivity index (χ3n) is 10.9. The molecule has 5 atom stereocenters. The normalized spacial score (nSPS) is 18.3. The van der Waals surface area contributed by atoms with Gasteiger partial charge in [-0.15, -0.1) is 0 Å². The Morgan fingerprint density at radius 1 is 0.903 bits per heavy atom. The zero-order valence-electron chi connectivity index (χ0n) is 35.1. The van der Waals surface area contributed by atoms with Crippen LogP contribution in [-0.4, -0.2) is 104 Å². The molecule has 1 aliphatic carbocycles. The van der Waals surface area contributed by atoms with Crippen molar-refractivity contribution in [1.82, 2.24) is 35.9 Å². The van der Waals surface area contributed by atoms with Crippen LogP contribution in [0, 0.1) is 11.8 Å². The molecule has 18 nitrogen and oxygen atoms in total. The first-order valence-corrected chi connectivity index (χ1v) is 22.4. The van der Waals surface area contributed by atoms with E-state index in [9.17, 15) is 42.0 Å². The molecule has 1 aliphatic heterocycles. The molecule has 1 saturated carbocycles. The first kappa shape index (κ1) is 47.1. The predicted molar refractivity (Wildman–Crippen MR) is 227 cm³/mol. The van der Waals surface area contributed by atoms with Crippen LogP contribution < -0.4 is 31.7 Å². The van der Waals surface area contributed by atoms with Crippen LogP contribution in [0.5, 0.6) is 0 Å². The highest BCUT2D eigenvalue weighted by atomic mass is 32.2. The average molecular weight is 877 g/mol. The lowest BCUT2D eigenvalue weighted by molar-refractivity contribution is -0.143. The number of benzene rings is 2. The molecular formula is C43H56N8O10S. The standard InChI is InChI=1S/C43H56N8O10S/c1-4-13-31(38(53)41(56)46-23-34(52)48-36(39(44)54)28-14-7-5-8-15-28)47-40(55)32-22-30(50-62(59,60)33-20-11-18-27-19-12-21-45-35(27)33)24-51(32)42(57)37(29-16-9-6-10-17-29)49-43(58)61-25-26(2)3/h5,7-8,11-12,14-15,18-21,26,29-32,36-37,50H,4,6,9-10,13,16-17,22-25H2,1-3H3,(H2,44,54)(H,46,56)(H,47,55)(H,48,52)(H,49,58)/t30-,31?,32?,36+,37+/m1/s1. The van der Waals surface area contributed by atoms with E-state index in [-0.39, 0.29) is 48.2 Å².